The number of para-hydroxylation sites is 2. The zero-order chi connectivity index (χ0) is 24.8. The van der Waals surface area contributed by atoms with E-state index in [0.29, 0.717) is 31.3 Å². The summed E-state index contributed by atoms with van der Waals surface area (Å²) in [7, 11) is 0. The number of hydrogen-bond acceptors (Lipinski definition) is 4. The van der Waals surface area contributed by atoms with Gasteiger partial charge in [0.25, 0.3) is 0 Å². The normalized spacial score (nSPS) is 18.8. The molecule has 3 aromatic rings. The topological polar surface area (TPSA) is 90.0 Å². The number of carbonyl (C=O) groups excluding carboxylic acids is 2. The molecule has 184 valence electrons. The summed E-state index contributed by atoms with van der Waals surface area (Å²) in [4.78, 5) is 30.3. The summed E-state index contributed by atoms with van der Waals surface area (Å²) in [5.74, 6) is 0.549. The Bertz CT molecular complexity index is 1200. The first-order chi connectivity index (χ1) is 16.9. The Morgan fingerprint density at radius 1 is 1.09 bits per heavy atom. The number of primary amides is 1. The van der Waals surface area contributed by atoms with E-state index in [2.05, 4.69) is 31.3 Å². The second kappa shape index (κ2) is 11.5. The Hall–Kier alpha value is -3.25. The Kier molecular flexibility index (Phi) is 8.13. The minimum absolute atomic E-state index is 0.0748. The Balaban J connectivity index is 1.65. The molecule has 1 fully saturated rings. The van der Waals surface area contributed by atoms with E-state index < -0.39 is 0 Å². The minimum atomic E-state index is -0.278. The van der Waals surface area contributed by atoms with E-state index >= 15 is 0 Å². The van der Waals surface area contributed by atoms with Crippen molar-refractivity contribution in [3.63, 3.8) is 0 Å². The molecule has 1 amide bonds. The maximum Gasteiger partial charge on any atom is 0.221 e. The predicted molar refractivity (Wildman–Crippen MR) is 140 cm³/mol. The second-order valence-electron chi connectivity index (χ2n) is 10.0. The van der Waals surface area contributed by atoms with E-state index in [1.165, 1.54) is 5.56 Å². The third kappa shape index (κ3) is 6.25. The van der Waals surface area contributed by atoms with E-state index in [4.69, 9.17) is 10.7 Å². The van der Waals surface area contributed by atoms with Gasteiger partial charge in [0.15, 0.2) is 5.82 Å². The van der Waals surface area contributed by atoms with Gasteiger partial charge in [0.2, 0.25) is 11.7 Å². The number of imidazole rings is 1. The first-order valence-corrected chi connectivity index (χ1v) is 12.7. The van der Waals surface area contributed by atoms with E-state index in [9.17, 15) is 9.59 Å². The summed E-state index contributed by atoms with van der Waals surface area (Å²) in [6, 6.07) is 18.2. The van der Waals surface area contributed by atoms with Crippen molar-refractivity contribution in [1.82, 2.24) is 14.9 Å². The largest absolute Gasteiger partial charge is 0.369 e. The number of rotatable bonds is 10. The molecule has 2 heterocycles. The Morgan fingerprint density at radius 2 is 1.80 bits per heavy atom. The molecule has 1 aliphatic heterocycles. The van der Waals surface area contributed by atoms with Crippen molar-refractivity contribution in [3.05, 3.63) is 77.6 Å². The molecule has 2 atom stereocenters. The molecule has 2 aromatic carbocycles. The van der Waals surface area contributed by atoms with Crippen LogP contribution < -0.4 is 11.1 Å². The van der Waals surface area contributed by atoms with Crippen LogP contribution >= 0.6 is 0 Å². The number of ketones is 1. The molecule has 6 nitrogen and oxygen atoms in total. The van der Waals surface area contributed by atoms with Crippen LogP contribution in [-0.4, -0.2) is 34.3 Å². The number of nitrogens with one attached hydrogen (secondary N) is 1. The van der Waals surface area contributed by atoms with Gasteiger partial charge in [0, 0.05) is 19.6 Å². The maximum atomic E-state index is 13.7. The highest BCUT2D eigenvalue weighted by Gasteiger charge is 2.28. The van der Waals surface area contributed by atoms with Crippen LogP contribution in [0.2, 0.25) is 0 Å². The maximum absolute atomic E-state index is 13.7. The third-order valence-electron chi connectivity index (χ3n) is 6.95. The van der Waals surface area contributed by atoms with Crippen molar-refractivity contribution in [1.29, 1.82) is 0 Å². The zero-order valence-electron chi connectivity index (χ0n) is 20.7. The monoisotopic (exact) mass is 472 g/mol. The summed E-state index contributed by atoms with van der Waals surface area (Å²) < 4.78 is 2.05. The van der Waals surface area contributed by atoms with E-state index in [1.54, 1.807) is 6.08 Å². The fourth-order valence-electron chi connectivity index (χ4n) is 4.90. The van der Waals surface area contributed by atoms with Crippen LogP contribution in [0.1, 0.15) is 49.3 Å². The zero-order valence-corrected chi connectivity index (χ0v) is 20.7. The van der Waals surface area contributed by atoms with Gasteiger partial charge >= 0.3 is 0 Å². The number of aryl methyl sites for hydroxylation is 2. The lowest BCUT2D eigenvalue weighted by Gasteiger charge is -2.30. The number of aromatic nitrogens is 2. The molecular formula is C29H36N4O2. The highest BCUT2D eigenvalue weighted by atomic mass is 16.1. The Labute approximate surface area is 207 Å². The number of piperidine rings is 1. The van der Waals surface area contributed by atoms with Crippen LogP contribution in [0.25, 0.3) is 11.0 Å². The number of nitrogens with two attached hydrogens (primary N) is 1. The van der Waals surface area contributed by atoms with Crippen molar-refractivity contribution in [2.45, 2.75) is 46.1 Å². The quantitative estimate of drug-likeness (QED) is 0.335. The van der Waals surface area contributed by atoms with E-state index in [-0.39, 0.29) is 23.5 Å². The molecule has 3 N–H and O–H groups in total. The molecule has 0 aliphatic carbocycles. The molecule has 0 unspecified atom stereocenters. The first kappa shape index (κ1) is 24.9. The van der Waals surface area contributed by atoms with Gasteiger partial charge in [-0.2, -0.15) is 0 Å². The van der Waals surface area contributed by atoms with Crippen LogP contribution in [0.15, 0.2) is 66.2 Å². The molecule has 0 bridgehead atoms. The van der Waals surface area contributed by atoms with Crippen LogP contribution in [0.3, 0.4) is 0 Å². The van der Waals surface area contributed by atoms with Crippen LogP contribution in [0.5, 0.6) is 0 Å². The van der Waals surface area contributed by atoms with Crippen LogP contribution in [0, 0.1) is 17.8 Å². The number of allylic oxidation sites excluding steroid dienone is 1. The molecule has 6 heteroatoms. The second-order valence-corrected chi connectivity index (χ2v) is 10.0. The molecule has 1 aliphatic rings. The van der Waals surface area contributed by atoms with Gasteiger partial charge in [-0.15, -0.1) is 0 Å². The number of carbonyl (C=O) groups is 2. The lowest BCUT2D eigenvalue weighted by Crippen LogP contribution is -2.42. The summed E-state index contributed by atoms with van der Waals surface area (Å²) >= 11 is 0. The molecule has 0 spiro atoms. The minimum Gasteiger partial charge on any atom is -0.369 e. The number of hydrogen-bond donors (Lipinski definition) is 2. The molecule has 0 radical (unpaired) electrons. The summed E-state index contributed by atoms with van der Waals surface area (Å²) in [6.45, 7) is 6.41. The average molecular weight is 473 g/mol. The number of benzene rings is 2. The van der Waals surface area contributed by atoms with Gasteiger partial charge in [-0.3, -0.25) is 9.59 Å². The highest BCUT2D eigenvalue weighted by Crippen LogP contribution is 2.28. The third-order valence-corrected chi connectivity index (χ3v) is 6.95. The predicted octanol–water partition coefficient (Wildman–Crippen LogP) is 4.54. The average Bonchev–Trinajstić information content (AvgIpc) is 3.24. The molecule has 1 aromatic heterocycles. The Morgan fingerprint density at radius 3 is 2.54 bits per heavy atom. The summed E-state index contributed by atoms with van der Waals surface area (Å²) in [6.07, 6.45) is 5.10. The van der Waals surface area contributed by atoms with Crippen molar-refractivity contribution in [3.8, 4) is 0 Å². The highest BCUT2D eigenvalue weighted by molar-refractivity contribution is 6.04. The number of fused-ring (bicyclic) bond motifs is 1. The number of nitrogens with zero attached hydrogens (tertiary/aromatic N) is 2. The fraction of sp³-hybridized carbons (Fsp3) is 0.414. The van der Waals surface area contributed by atoms with Crippen LogP contribution in [-0.2, 0) is 17.8 Å². The summed E-state index contributed by atoms with van der Waals surface area (Å²) in [5.41, 5.74) is 9.72. The van der Waals surface area contributed by atoms with Gasteiger partial charge in [-0.25, -0.2) is 4.98 Å². The van der Waals surface area contributed by atoms with Gasteiger partial charge in [-0.05, 0) is 61.3 Å². The lowest BCUT2D eigenvalue weighted by atomic mass is 9.82. The molecule has 4 rings (SSSR count). The number of amides is 1. The smallest absolute Gasteiger partial charge is 0.221 e. The van der Waals surface area contributed by atoms with Crippen molar-refractivity contribution in [2.75, 3.05) is 13.1 Å². The van der Waals surface area contributed by atoms with Gasteiger partial charge in [0.05, 0.1) is 17.0 Å². The first-order valence-electron chi connectivity index (χ1n) is 12.7. The summed E-state index contributed by atoms with van der Waals surface area (Å²) in [5, 5.41) is 3.34. The van der Waals surface area contributed by atoms with Gasteiger partial charge in [0.1, 0.15) is 0 Å². The van der Waals surface area contributed by atoms with E-state index in [0.717, 1.165) is 42.4 Å². The fourth-order valence-corrected chi connectivity index (χ4v) is 4.90. The molecule has 1 saturated heterocycles. The van der Waals surface area contributed by atoms with Gasteiger partial charge in [-0.1, -0.05) is 61.9 Å². The van der Waals surface area contributed by atoms with Crippen molar-refractivity contribution < 1.29 is 9.59 Å². The van der Waals surface area contributed by atoms with Crippen LogP contribution in [0.4, 0.5) is 0 Å². The van der Waals surface area contributed by atoms with Gasteiger partial charge < -0.3 is 15.6 Å². The SMILES string of the molecule is CC(C)CC/C(=C/C(=O)c1nc2ccccc2n1CCc1ccccc1)[C@@H]1CNC[C@H](C(N)=O)C1. The molecule has 0 saturated carbocycles. The van der Waals surface area contributed by atoms with Crippen molar-refractivity contribution in [2.24, 2.45) is 23.5 Å². The van der Waals surface area contributed by atoms with Crippen molar-refractivity contribution >= 4 is 22.7 Å². The standard InChI is InChI=1S/C29H36N4O2/c1-20(2)12-13-22(23-16-24(28(30)35)19-31-18-23)17-27(34)29-32-25-10-6-7-11-26(25)33(29)15-14-21-8-4-3-5-9-21/h3-11,17,20,23-24,31H,12-16,18-19H2,1-2H3,(H2,30,35)/b22-17-/t23-,24+/m0/s1. The molecular weight excluding hydrogens is 436 g/mol. The lowest BCUT2D eigenvalue weighted by molar-refractivity contribution is -0.122. The van der Waals surface area contributed by atoms with E-state index in [1.807, 2.05) is 47.0 Å². The molecule has 35 heavy (non-hydrogen) atoms.